The van der Waals surface area contributed by atoms with Crippen LogP contribution < -0.4 is 0 Å². The van der Waals surface area contributed by atoms with Crippen molar-refractivity contribution in [1.82, 2.24) is 0 Å². The van der Waals surface area contributed by atoms with Gasteiger partial charge in [0.05, 0.1) is 9.92 Å². The number of benzene rings is 2. The molecule has 0 heterocycles. The number of hydrogen-bond acceptors (Lipinski definition) is 2. The van der Waals surface area contributed by atoms with Gasteiger partial charge in [-0.15, -0.1) is 0 Å². The summed E-state index contributed by atoms with van der Waals surface area (Å²) in [4.78, 5) is -0.739. The molecule has 0 amide bonds. The summed E-state index contributed by atoms with van der Waals surface area (Å²) >= 11 is 9.62. The van der Waals surface area contributed by atoms with E-state index in [4.69, 9.17) is 11.6 Å². The fourth-order valence-corrected chi connectivity index (χ4v) is 4.95. The number of rotatable bonds is 3. The Morgan fingerprint density at radius 1 is 0.929 bits per heavy atom. The fraction of sp³-hybridized carbons (Fsp3) is 0.300. The third-order valence-corrected chi connectivity index (χ3v) is 8.25. The molecule has 2 aromatic rings. The van der Waals surface area contributed by atoms with E-state index in [2.05, 4.69) is 15.9 Å². The molecule has 1 saturated carbocycles. The van der Waals surface area contributed by atoms with Gasteiger partial charge in [0.2, 0.25) is 0 Å². The molecule has 148 valence electrons. The predicted molar refractivity (Wildman–Crippen MR) is 107 cm³/mol. The highest BCUT2D eigenvalue weighted by Gasteiger charge is 2.49. The van der Waals surface area contributed by atoms with E-state index in [0.717, 1.165) is 64.6 Å². The second-order valence-electron chi connectivity index (χ2n) is 7.41. The van der Waals surface area contributed by atoms with Crippen LogP contribution in [0.4, 0.5) is 13.2 Å². The summed E-state index contributed by atoms with van der Waals surface area (Å²) in [5.41, 5.74) is -1.18. The van der Waals surface area contributed by atoms with E-state index in [1.807, 2.05) is 18.2 Å². The van der Waals surface area contributed by atoms with Crippen LogP contribution >= 0.6 is 27.5 Å². The molecule has 1 spiro atoms. The Bertz CT molecular complexity index is 1090. The molecule has 0 bridgehead atoms. The van der Waals surface area contributed by atoms with Crippen LogP contribution in [0, 0.1) is 5.41 Å². The van der Waals surface area contributed by atoms with Crippen molar-refractivity contribution >= 4 is 48.5 Å². The largest absolute Gasteiger partial charge is 0.501 e. The molecule has 0 saturated heterocycles. The molecule has 0 N–H and O–H groups in total. The van der Waals surface area contributed by atoms with Gasteiger partial charge in [0.1, 0.15) is 0 Å². The van der Waals surface area contributed by atoms with Gasteiger partial charge >= 0.3 is 5.51 Å². The Hall–Kier alpha value is -1.31. The molecular formula is C20H15BrClF3O2S. The molecule has 0 aliphatic heterocycles. The van der Waals surface area contributed by atoms with Crippen molar-refractivity contribution in [2.75, 3.05) is 0 Å². The zero-order chi connectivity index (χ0) is 20.3. The first kappa shape index (κ1) is 20.0. The quantitative estimate of drug-likeness (QED) is 0.469. The highest BCUT2D eigenvalue weighted by Crippen LogP contribution is 2.63. The van der Waals surface area contributed by atoms with Crippen molar-refractivity contribution in [3.63, 3.8) is 0 Å². The summed E-state index contributed by atoms with van der Waals surface area (Å²) in [5, 5.41) is 0.590. The maximum absolute atomic E-state index is 12.8. The number of allylic oxidation sites excluding steroid dienone is 2. The van der Waals surface area contributed by atoms with Crippen LogP contribution in [-0.2, 0) is 9.84 Å². The summed E-state index contributed by atoms with van der Waals surface area (Å²) in [6.45, 7) is 0. The summed E-state index contributed by atoms with van der Waals surface area (Å²) in [6, 6.07) is 10.7. The van der Waals surface area contributed by atoms with E-state index in [9.17, 15) is 21.6 Å². The monoisotopic (exact) mass is 490 g/mol. The van der Waals surface area contributed by atoms with Gasteiger partial charge in [-0.05, 0) is 93.6 Å². The summed E-state index contributed by atoms with van der Waals surface area (Å²) in [7, 11) is -5.34. The topological polar surface area (TPSA) is 34.1 Å². The average Bonchev–Trinajstić information content (AvgIpc) is 3.27. The van der Waals surface area contributed by atoms with Crippen molar-refractivity contribution in [3.05, 3.63) is 63.1 Å². The van der Waals surface area contributed by atoms with Crippen LogP contribution in [-0.4, -0.2) is 13.9 Å². The molecule has 0 unspecified atom stereocenters. The van der Waals surface area contributed by atoms with Crippen LogP contribution in [0.25, 0.3) is 11.1 Å². The number of halogens is 5. The lowest BCUT2D eigenvalue weighted by Crippen LogP contribution is -2.23. The molecule has 8 heteroatoms. The minimum atomic E-state index is -5.34. The zero-order valence-electron chi connectivity index (χ0n) is 14.5. The lowest BCUT2D eigenvalue weighted by molar-refractivity contribution is -0.0436. The minimum absolute atomic E-state index is 0.223. The highest BCUT2D eigenvalue weighted by atomic mass is 79.9. The van der Waals surface area contributed by atoms with Crippen LogP contribution in [0.2, 0.25) is 5.02 Å². The fourth-order valence-electron chi connectivity index (χ4n) is 3.76. The van der Waals surface area contributed by atoms with Crippen molar-refractivity contribution in [1.29, 1.82) is 0 Å². The summed E-state index contributed by atoms with van der Waals surface area (Å²) in [5.74, 6) is 0. The Balaban J connectivity index is 1.76. The molecule has 1 fully saturated rings. The van der Waals surface area contributed by atoms with Gasteiger partial charge in [0.15, 0.2) is 0 Å². The standard InChI is InChI=1S/C20H15BrClF3O2S/c21-17-6-3-13(9-18(17)22)16-11-19(7-8-19)10-15(16)12-1-4-14(5-2-12)28(26,27)20(23,24)25/h1-6,9H,7-8,10-11H2. The molecule has 2 aliphatic carbocycles. The van der Waals surface area contributed by atoms with Gasteiger partial charge < -0.3 is 0 Å². The first-order valence-corrected chi connectivity index (χ1v) is 11.3. The molecule has 2 aromatic carbocycles. The van der Waals surface area contributed by atoms with E-state index >= 15 is 0 Å². The van der Waals surface area contributed by atoms with Crippen LogP contribution in [0.5, 0.6) is 0 Å². The van der Waals surface area contributed by atoms with Crippen molar-refractivity contribution in [2.45, 2.75) is 36.1 Å². The van der Waals surface area contributed by atoms with E-state index in [1.165, 1.54) is 12.1 Å². The molecular weight excluding hydrogens is 477 g/mol. The lowest BCUT2D eigenvalue weighted by Gasteiger charge is -2.11. The maximum atomic E-state index is 12.8. The van der Waals surface area contributed by atoms with Crippen molar-refractivity contribution < 1.29 is 21.6 Å². The van der Waals surface area contributed by atoms with Gasteiger partial charge in [-0.1, -0.05) is 29.8 Å². The Labute approximate surface area is 174 Å². The van der Waals surface area contributed by atoms with E-state index in [1.54, 1.807) is 0 Å². The third-order valence-electron chi connectivity index (χ3n) is 5.51. The SMILES string of the molecule is O=S(=O)(c1ccc(C2=C(c3ccc(Br)c(Cl)c3)CC3(CC3)C2)cc1)C(F)(F)F. The molecule has 0 aromatic heterocycles. The highest BCUT2D eigenvalue weighted by molar-refractivity contribution is 9.10. The smallest absolute Gasteiger partial charge is 0.214 e. The van der Waals surface area contributed by atoms with Gasteiger partial charge in [-0.25, -0.2) is 8.42 Å². The summed E-state index contributed by atoms with van der Waals surface area (Å²) in [6.07, 6.45) is 3.96. The second-order valence-corrected chi connectivity index (χ2v) is 10.6. The minimum Gasteiger partial charge on any atom is -0.214 e. The number of sulfone groups is 1. The zero-order valence-corrected chi connectivity index (χ0v) is 17.6. The third kappa shape index (κ3) is 3.42. The normalized spacial score (nSPS) is 18.8. The van der Waals surface area contributed by atoms with Gasteiger partial charge in [-0.3, -0.25) is 0 Å². The van der Waals surface area contributed by atoms with Gasteiger partial charge in [-0.2, -0.15) is 13.2 Å². The Kier molecular flexibility index (Phi) is 4.71. The van der Waals surface area contributed by atoms with Crippen molar-refractivity contribution in [2.24, 2.45) is 5.41 Å². The number of alkyl halides is 3. The first-order valence-electron chi connectivity index (χ1n) is 8.62. The van der Waals surface area contributed by atoms with Gasteiger partial charge in [0.25, 0.3) is 9.84 Å². The second kappa shape index (κ2) is 6.61. The summed E-state index contributed by atoms with van der Waals surface area (Å²) < 4.78 is 62.3. The molecule has 4 rings (SSSR count). The Morgan fingerprint density at radius 3 is 1.96 bits per heavy atom. The first-order chi connectivity index (χ1) is 13.0. The molecule has 2 nitrogen and oxygen atoms in total. The molecule has 0 atom stereocenters. The molecule has 28 heavy (non-hydrogen) atoms. The van der Waals surface area contributed by atoms with Crippen LogP contribution in [0.15, 0.2) is 51.8 Å². The predicted octanol–water partition coefficient (Wildman–Crippen LogP) is 6.88. The number of hydrogen-bond donors (Lipinski definition) is 0. The van der Waals surface area contributed by atoms with Gasteiger partial charge in [0, 0.05) is 4.47 Å². The molecule has 2 aliphatic rings. The molecule has 0 radical (unpaired) electrons. The van der Waals surface area contributed by atoms with Crippen LogP contribution in [0.1, 0.15) is 36.8 Å². The van der Waals surface area contributed by atoms with E-state index in [-0.39, 0.29) is 5.41 Å². The van der Waals surface area contributed by atoms with Crippen molar-refractivity contribution in [3.8, 4) is 0 Å². The lowest BCUT2D eigenvalue weighted by atomic mass is 9.97. The Morgan fingerprint density at radius 2 is 1.46 bits per heavy atom. The maximum Gasteiger partial charge on any atom is 0.501 e. The average molecular weight is 492 g/mol. The van der Waals surface area contributed by atoms with E-state index in [0.29, 0.717) is 5.02 Å². The van der Waals surface area contributed by atoms with E-state index < -0.39 is 20.2 Å². The van der Waals surface area contributed by atoms with Crippen LogP contribution in [0.3, 0.4) is 0 Å².